The van der Waals surface area contributed by atoms with Gasteiger partial charge in [0.05, 0.1) is 17.8 Å². The van der Waals surface area contributed by atoms with Crippen molar-refractivity contribution in [3.8, 4) is 0 Å². The first-order valence-electron chi connectivity index (χ1n) is 5.17. The van der Waals surface area contributed by atoms with Crippen LogP contribution in [0.2, 0.25) is 5.02 Å². The van der Waals surface area contributed by atoms with E-state index >= 15 is 0 Å². The molecule has 0 aliphatic rings. The normalized spacial score (nSPS) is 10.1. The number of halogens is 2. The SMILES string of the molecule is O=C(NCc1ccco1)Nc1ccc(F)c(Cl)c1. The second-order valence-corrected chi connectivity index (χ2v) is 3.92. The minimum absolute atomic E-state index is 0.0427. The summed E-state index contributed by atoms with van der Waals surface area (Å²) >= 11 is 5.59. The fraction of sp³-hybridized carbons (Fsp3) is 0.0833. The minimum atomic E-state index is -0.529. The maximum absolute atomic E-state index is 12.9. The van der Waals surface area contributed by atoms with Crippen LogP contribution in [0.25, 0.3) is 0 Å². The topological polar surface area (TPSA) is 54.3 Å². The summed E-state index contributed by atoms with van der Waals surface area (Å²) in [6.45, 7) is 0.272. The molecular weight excluding hydrogens is 259 g/mol. The maximum atomic E-state index is 12.9. The van der Waals surface area contributed by atoms with Crippen LogP contribution in [0, 0.1) is 5.82 Å². The molecule has 2 aromatic rings. The molecule has 2 N–H and O–H groups in total. The Kier molecular flexibility index (Phi) is 3.84. The summed E-state index contributed by atoms with van der Waals surface area (Å²) in [5.41, 5.74) is 0.415. The van der Waals surface area contributed by atoms with Crippen molar-refractivity contribution in [2.24, 2.45) is 0 Å². The lowest BCUT2D eigenvalue weighted by atomic mass is 10.3. The smallest absolute Gasteiger partial charge is 0.319 e. The van der Waals surface area contributed by atoms with Gasteiger partial charge in [-0.25, -0.2) is 9.18 Å². The number of hydrogen-bond acceptors (Lipinski definition) is 2. The first-order valence-corrected chi connectivity index (χ1v) is 5.55. The number of rotatable bonds is 3. The molecule has 1 aromatic carbocycles. The van der Waals surface area contributed by atoms with E-state index in [1.54, 1.807) is 12.1 Å². The van der Waals surface area contributed by atoms with Crippen LogP contribution in [0.15, 0.2) is 41.0 Å². The van der Waals surface area contributed by atoms with Crippen molar-refractivity contribution in [1.29, 1.82) is 0 Å². The van der Waals surface area contributed by atoms with Gasteiger partial charge in [0.25, 0.3) is 0 Å². The van der Waals surface area contributed by atoms with E-state index in [1.165, 1.54) is 24.5 Å². The molecule has 6 heteroatoms. The molecule has 1 heterocycles. The second-order valence-electron chi connectivity index (χ2n) is 3.52. The molecule has 0 spiro atoms. The molecule has 0 saturated heterocycles. The lowest BCUT2D eigenvalue weighted by Crippen LogP contribution is -2.27. The van der Waals surface area contributed by atoms with Crippen molar-refractivity contribution < 1.29 is 13.6 Å². The summed E-state index contributed by atoms with van der Waals surface area (Å²) in [5, 5.41) is 5.07. The van der Waals surface area contributed by atoms with Crippen LogP contribution < -0.4 is 10.6 Å². The molecule has 0 aliphatic heterocycles. The Morgan fingerprint density at radius 3 is 2.89 bits per heavy atom. The summed E-state index contributed by atoms with van der Waals surface area (Å²) in [7, 11) is 0. The summed E-state index contributed by atoms with van der Waals surface area (Å²) in [6, 6.07) is 7.00. The standard InChI is InChI=1S/C12H10ClFN2O2/c13-10-6-8(3-4-11(10)14)16-12(17)15-7-9-2-1-5-18-9/h1-6H,7H2,(H2,15,16,17). The highest BCUT2D eigenvalue weighted by atomic mass is 35.5. The van der Waals surface area contributed by atoms with E-state index in [0.717, 1.165) is 0 Å². The molecule has 0 atom stereocenters. The van der Waals surface area contributed by atoms with Gasteiger partial charge in [0, 0.05) is 5.69 Å². The van der Waals surface area contributed by atoms with Crippen molar-refractivity contribution in [3.63, 3.8) is 0 Å². The minimum Gasteiger partial charge on any atom is -0.467 e. The predicted molar refractivity (Wildman–Crippen MR) is 66.0 cm³/mol. The summed E-state index contributed by atoms with van der Waals surface area (Å²) in [6.07, 6.45) is 1.52. The van der Waals surface area contributed by atoms with Crippen molar-refractivity contribution in [3.05, 3.63) is 53.2 Å². The van der Waals surface area contributed by atoms with Gasteiger partial charge in [-0.2, -0.15) is 0 Å². The zero-order valence-corrected chi connectivity index (χ0v) is 10.00. The van der Waals surface area contributed by atoms with Crippen LogP contribution >= 0.6 is 11.6 Å². The third kappa shape index (κ3) is 3.24. The van der Waals surface area contributed by atoms with Crippen LogP contribution in [0.4, 0.5) is 14.9 Å². The number of urea groups is 1. The average Bonchev–Trinajstić information content (AvgIpc) is 2.84. The first-order chi connectivity index (χ1) is 8.65. The van der Waals surface area contributed by atoms with Gasteiger partial charge < -0.3 is 15.1 Å². The van der Waals surface area contributed by atoms with Gasteiger partial charge in [-0.1, -0.05) is 11.6 Å². The van der Waals surface area contributed by atoms with Crippen molar-refractivity contribution in [1.82, 2.24) is 5.32 Å². The molecule has 0 bridgehead atoms. The molecule has 0 saturated carbocycles. The number of carbonyl (C=O) groups excluding carboxylic acids is 1. The van der Waals surface area contributed by atoms with E-state index in [-0.39, 0.29) is 11.6 Å². The van der Waals surface area contributed by atoms with Crippen LogP contribution in [0.3, 0.4) is 0 Å². The fourth-order valence-corrected chi connectivity index (χ4v) is 1.51. The summed E-state index contributed by atoms with van der Waals surface area (Å²) in [4.78, 5) is 11.5. The lowest BCUT2D eigenvalue weighted by molar-refractivity contribution is 0.251. The predicted octanol–water partition coefficient (Wildman–Crippen LogP) is 3.39. The number of nitrogens with one attached hydrogen (secondary N) is 2. The molecular formula is C12H10ClFN2O2. The van der Waals surface area contributed by atoms with Crippen molar-refractivity contribution >= 4 is 23.3 Å². The average molecular weight is 269 g/mol. The molecule has 1 aromatic heterocycles. The summed E-state index contributed by atoms with van der Waals surface area (Å²) < 4.78 is 18.0. The van der Waals surface area contributed by atoms with E-state index in [0.29, 0.717) is 11.4 Å². The van der Waals surface area contributed by atoms with Gasteiger partial charge in [-0.15, -0.1) is 0 Å². The quantitative estimate of drug-likeness (QED) is 0.896. The van der Waals surface area contributed by atoms with Gasteiger partial charge in [-0.05, 0) is 30.3 Å². The largest absolute Gasteiger partial charge is 0.467 e. The number of amides is 2. The molecule has 18 heavy (non-hydrogen) atoms. The van der Waals surface area contributed by atoms with E-state index < -0.39 is 11.8 Å². The van der Waals surface area contributed by atoms with Gasteiger partial charge in [0.2, 0.25) is 0 Å². The molecule has 0 fully saturated rings. The van der Waals surface area contributed by atoms with Crippen LogP contribution in [-0.2, 0) is 6.54 Å². The lowest BCUT2D eigenvalue weighted by Gasteiger charge is -2.06. The van der Waals surface area contributed by atoms with Gasteiger partial charge in [0.1, 0.15) is 11.6 Å². The van der Waals surface area contributed by atoms with Gasteiger partial charge >= 0.3 is 6.03 Å². The van der Waals surface area contributed by atoms with Crippen LogP contribution in [0.1, 0.15) is 5.76 Å². The Labute approximate surface area is 108 Å². The van der Waals surface area contributed by atoms with Gasteiger partial charge in [0.15, 0.2) is 0 Å². The monoisotopic (exact) mass is 268 g/mol. The highest BCUT2D eigenvalue weighted by Gasteiger charge is 2.05. The number of furan rings is 1. The third-order valence-electron chi connectivity index (χ3n) is 2.18. The van der Waals surface area contributed by atoms with Gasteiger partial charge in [-0.3, -0.25) is 0 Å². The molecule has 0 unspecified atom stereocenters. The molecule has 2 amide bonds. The second kappa shape index (κ2) is 5.55. The van der Waals surface area contributed by atoms with Crippen molar-refractivity contribution in [2.75, 3.05) is 5.32 Å². The molecule has 4 nitrogen and oxygen atoms in total. The van der Waals surface area contributed by atoms with E-state index in [2.05, 4.69) is 10.6 Å². The molecule has 0 aliphatic carbocycles. The Bertz CT molecular complexity index is 543. The fourth-order valence-electron chi connectivity index (χ4n) is 1.33. The summed E-state index contributed by atoms with van der Waals surface area (Å²) in [5.74, 6) is 0.112. The Hall–Kier alpha value is -2.01. The number of hydrogen-bond donors (Lipinski definition) is 2. The van der Waals surface area contributed by atoms with Crippen molar-refractivity contribution in [2.45, 2.75) is 6.54 Å². The highest BCUT2D eigenvalue weighted by molar-refractivity contribution is 6.31. The Balaban J connectivity index is 1.88. The maximum Gasteiger partial charge on any atom is 0.319 e. The first kappa shape index (κ1) is 12.4. The van der Waals surface area contributed by atoms with Crippen LogP contribution in [0.5, 0.6) is 0 Å². The van der Waals surface area contributed by atoms with Crippen LogP contribution in [-0.4, -0.2) is 6.03 Å². The zero-order valence-electron chi connectivity index (χ0n) is 9.24. The third-order valence-corrected chi connectivity index (χ3v) is 2.47. The van der Waals surface area contributed by atoms with E-state index in [4.69, 9.17) is 16.0 Å². The Morgan fingerprint density at radius 2 is 2.22 bits per heavy atom. The number of carbonyl (C=O) groups is 1. The number of benzene rings is 1. The van der Waals surface area contributed by atoms with E-state index in [9.17, 15) is 9.18 Å². The number of anilines is 1. The highest BCUT2D eigenvalue weighted by Crippen LogP contribution is 2.19. The van der Waals surface area contributed by atoms with E-state index in [1.807, 2.05) is 0 Å². The zero-order chi connectivity index (χ0) is 13.0. The Morgan fingerprint density at radius 1 is 1.39 bits per heavy atom. The molecule has 0 radical (unpaired) electrons. The molecule has 94 valence electrons. The molecule has 2 rings (SSSR count).